The van der Waals surface area contributed by atoms with E-state index in [9.17, 15) is 4.79 Å². The zero-order valence-electron chi connectivity index (χ0n) is 16.4. The Balaban J connectivity index is 1.16. The molecular formula is C21H23ClN4O3S. The molecule has 2 N–H and O–H groups in total. The van der Waals surface area contributed by atoms with E-state index in [2.05, 4.69) is 15.2 Å². The number of benzene rings is 1. The number of rotatable bonds is 6. The van der Waals surface area contributed by atoms with Crippen LogP contribution in [0.25, 0.3) is 11.1 Å². The predicted molar refractivity (Wildman–Crippen MR) is 116 cm³/mol. The van der Waals surface area contributed by atoms with E-state index in [1.54, 1.807) is 24.3 Å². The zero-order valence-corrected chi connectivity index (χ0v) is 18.0. The van der Waals surface area contributed by atoms with Gasteiger partial charge in [-0.05, 0) is 72.6 Å². The molecule has 1 saturated heterocycles. The molecule has 0 spiro atoms. The molecule has 1 amide bonds. The highest BCUT2D eigenvalue weighted by Crippen LogP contribution is 2.31. The Hall–Kier alpha value is -2.32. The van der Waals surface area contributed by atoms with Crippen LogP contribution in [0.3, 0.4) is 0 Å². The fourth-order valence-electron chi connectivity index (χ4n) is 3.67. The molecule has 3 aromatic rings. The number of hydrogen-bond donors (Lipinski definition) is 2. The molecule has 5 rings (SSSR count). The second kappa shape index (κ2) is 8.07. The maximum absolute atomic E-state index is 12.6. The Morgan fingerprint density at radius 3 is 2.77 bits per heavy atom. The Morgan fingerprint density at radius 2 is 2.00 bits per heavy atom. The minimum atomic E-state index is -0.667. The van der Waals surface area contributed by atoms with Gasteiger partial charge in [-0.2, -0.15) is 4.98 Å². The topological polar surface area (TPSA) is 95.4 Å². The summed E-state index contributed by atoms with van der Waals surface area (Å²) in [6.45, 7) is 1.49. The van der Waals surface area contributed by atoms with E-state index in [0.717, 1.165) is 37.2 Å². The highest BCUT2D eigenvalue weighted by Gasteiger charge is 2.26. The molecule has 1 aliphatic heterocycles. The summed E-state index contributed by atoms with van der Waals surface area (Å²) in [6.07, 6.45) is 4.02. The first-order valence-corrected chi connectivity index (χ1v) is 12.0. The van der Waals surface area contributed by atoms with Crippen LogP contribution < -0.4 is 10.2 Å². The maximum Gasteiger partial charge on any atom is 0.298 e. The normalized spacial score (nSPS) is 18.6. The van der Waals surface area contributed by atoms with Crippen LogP contribution in [0.4, 0.5) is 6.01 Å². The third kappa shape index (κ3) is 4.25. The van der Waals surface area contributed by atoms with Crippen LogP contribution in [-0.4, -0.2) is 35.8 Å². The molecule has 1 atom stereocenters. The lowest BCUT2D eigenvalue weighted by molar-refractivity contribution is 0.0897. The Labute approximate surface area is 181 Å². The number of amides is 1. The molecular weight excluding hydrogens is 424 g/mol. The summed E-state index contributed by atoms with van der Waals surface area (Å²) >= 11 is 6.02. The first-order chi connectivity index (χ1) is 14.5. The lowest BCUT2D eigenvalue weighted by atomic mass is 10.1. The van der Waals surface area contributed by atoms with Crippen LogP contribution in [0.5, 0.6) is 0 Å². The van der Waals surface area contributed by atoms with E-state index < -0.39 is 10.7 Å². The molecule has 30 heavy (non-hydrogen) atoms. The number of carbonyl (C=O) groups excluding carboxylic acids is 1. The Morgan fingerprint density at radius 1 is 1.20 bits per heavy atom. The molecule has 1 unspecified atom stereocenters. The van der Waals surface area contributed by atoms with Crippen LogP contribution in [0.1, 0.15) is 36.2 Å². The van der Waals surface area contributed by atoms with Crippen molar-refractivity contribution in [3.63, 3.8) is 0 Å². The van der Waals surface area contributed by atoms with Crippen molar-refractivity contribution in [2.24, 2.45) is 5.92 Å². The third-order valence-corrected chi connectivity index (χ3v) is 7.33. The quantitative estimate of drug-likeness (QED) is 0.575. The van der Waals surface area contributed by atoms with Crippen molar-refractivity contribution >= 4 is 45.3 Å². The van der Waals surface area contributed by atoms with E-state index in [1.165, 1.54) is 12.8 Å². The molecule has 1 saturated carbocycles. The van der Waals surface area contributed by atoms with Gasteiger partial charge in [0.1, 0.15) is 5.52 Å². The molecule has 158 valence electrons. The fourth-order valence-corrected chi connectivity index (χ4v) is 5.23. The number of nitrogens with one attached hydrogen (secondary N) is 2. The van der Waals surface area contributed by atoms with E-state index >= 15 is 0 Å². The van der Waals surface area contributed by atoms with Gasteiger partial charge in [-0.1, -0.05) is 11.6 Å². The van der Waals surface area contributed by atoms with Crippen molar-refractivity contribution < 1.29 is 13.6 Å². The minimum absolute atomic E-state index is 0.0711. The molecule has 1 aromatic carbocycles. The van der Waals surface area contributed by atoms with Gasteiger partial charge in [0.25, 0.3) is 11.9 Å². The van der Waals surface area contributed by atoms with E-state index in [4.69, 9.17) is 25.2 Å². The van der Waals surface area contributed by atoms with Crippen molar-refractivity contribution in [2.75, 3.05) is 23.7 Å². The van der Waals surface area contributed by atoms with Crippen molar-refractivity contribution in [3.8, 4) is 0 Å². The van der Waals surface area contributed by atoms with E-state index in [0.29, 0.717) is 33.4 Å². The summed E-state index contributed by atoms with van der Waals surface area (Å²) in [4.78, 5) is 19.2. The predicted octanol–water partition coefficient (Wildman–Crippen LogP) is 4.62. The highest BCUT2D eigenvalue weighted by molar-refractivity contribution is 7.85. The summed E-state index contributed by atoms with van der Waals surface area (Å²) in [5.41, 5.74) is 1.46. The molecule has 0 radical (unpaired) electrons. The number of piperidine rings is 1. The number of fused-ring (bicyclic) bond motifs is 1. The lowest BCUT2D eigenvalue weighted by Gasteiger charge is -2.31. The second-order valence-electron chi connectivity index (χ2n) is 7.96. The number of oxazole rings is 1. The summed E-state index contributed by atoms with van der Waals surface area (Å²) in [5.74, 6) is 1.59. The second-order valence-corrected chi connectivity index (χ2v) is 9.92. The van der Waals surface area contributed by atoms with Crippen LogP contribution in [0.15, 0.2) is 44.3 Å². The van der Waals surface area contributed by atoms with Crippen molar-refractivity contribution in [1.82, 2.24) is 10.3 Å². The van der Waals surface area contributed by atoms with Crippen LogP contribution >= 0.6 is 11.6 Å². The average molecular weight is 447 g/mol. The number of nitrogens with zero attached hydrogens (tertiary/aromatic N) is 2. The summed E-state index contributed by atoms with van der Waals surface area (Å²) in [6, 6.07) is 9.52. The zero-order chi connectivity index (χ0) is 20.7. The van der Waals surface area contributed by atoms with Crippen LogP contribution in [-0.2, 0) is 10.7 Å². The molecule has 0 bridgehead atoms. The first kappa shape index (κ1) is 19.6. The largest absolute Gasteiger partial charge is 0.444 e. The van der Waals surface area contributed by atoms with E-state index in [-0.39, 0.29) is 11.9 Å². The number of anilines is 1. The van der Waals surface area contributed by atoms with Gasteiger partial charge in [0, 0.05) is 29.9 Å². The standard InChI is InChI=1S/C21H23ClN4O3S/c22-14-3-4-17-16(11-14)25-21(29-17)26-9-7-15(8-10-26)24-20(27)18-5-6-19(28-18)30(23)12-13-1-2-13/h3-6,11,13,15,23H,1-2,7-10,12H2,(H,24,27). The van der Waals surface area contributed by atoms with E-state index in [1.807, 2.05) is 6.07 Å². The van der Waals surface area contributed by atoms with Crippen molar-refractivity contribution in [3.05, 3.63) is 41.1 Å². The summed E-state index contributed by atoms with van der Waals surface area (Å²) in [7, 11) is -0.667. The molecule has 1 aliphatic carbocycles. The van der Waals surface area contributed by atoms with Crippen molar-refractivity contribution in [1.29, 1.82) is 4.78 Å². The molecule has 2 aliphatic rings. The molecule has 2 fully saturated rings. The Bertz CT molecular complexity index is 1100. The smallest absolute Gasteiger partial charge is 0.298 e. The molecule has 9 heteroatoms. The number of carbonyl (C=O) groups is 1. The minimum Gasteiger partial charge on any atom is -0.444 e. The summed E-state index contributed by atoms with van der Waals surface area (Å²) < 4.78 is 19.7. The van der Waals surface area contributed by atoms with Gasteiger partial charge in [-0.3, -0.25) is 9.57 Å². The summed E-state index contributed by atoms with van der Waals surface area (Å²) in [5, 5.41) is 4.30. The van der Waals surface area contributed by atoms with Crippen LogP contribution in [0.2, 0.25) is 5.02 Å². The van der Waals surface area contributed by atoms with Gasteiger partial charge in [-0.25, -0.2) is 0 Å². The van der Waals surface area contributed by atoms with Gasteiger partial charge < -0.3 is 19.1 Å². The van der Waals surface area contributed by atoms with Gasteiger partial charge in [0.15, 0.2) is 16.4 Å². The Kier molecular flexibility index (Phi) is 5.28. The lowest BCUT2D eigenvalue weighted by Crippen LogP contribution is -2.44. The first-order valence-electron chi connectivity index (χ1n) is 10.2. The molecule has 3 heterocycles. The monoisotopic (exact) mass is 446 g/mol. The van der Waals surface area contributed by atoms with Gasteiger partial charge in [0.2, 0.25) is 0 Å². The van der Waals surface area contributed by atoms with Crippen LogP contribution in [0, 0.1) is 10.7 Å². The number of furan rings is 1. The number of halogens is 1. The number of hydrogen-bond acceptors (Lipinski definition) is 6. The fraction of sp³-hybridized carbons (Fsp3) is 0.429. The third-order valence-electron chi connectivity index (χ3n) is 5.59. The maximum atomic E-state index is 12.6. The van der Waals surface area contributed by atoms with Gasteiger partial charge in [0.05, 0.1) is 0 Å². The molecule has 2 aromatic heterocycles. The van der Waals surface area contributed by atoms with Crippen molar-refractivity contribution in [2.45, 2.75) is 36.8 Å². The van der Waals surface area contributed by atoms with Gasteiger partial charge in [-0.15, -0.1) is 0 Å². The number of aromatic nitrogens is 1. The average Bonchev–Trinajstić information content (AvgIpc) is 3.25. The van der Waals surface area contributed by atoms with Gasteiger partial charge >= 0.3 is 0 Å². The molecule has 7 nitrogen and oxygen atoms in total. The highest BCUT2D eigenvalue weighted by atomic mass is 35.5. The SMILES string of the molecule is N=S(CC1CC1)c1ccc(C(=O)NC2CCN(c3nc4cc(Cl)ccc4o3)CC2)o1.